The molecule has 0 aliphatic rings. The van der Waals surface area contributed by atoms with Gasteiger partial charge in [-0.15, -0.1) is 0 Å². The normalized spacial score (nSPS) is 12.8. The van der Waals surface area contributed by atoms with Gasteiger partial charge in [0.2, 0.25) is 0 Å². The van der Waals surface area contributed by atoms with Crippen LogP contribution in [0, 0.1) is 5.82 Å². The van der Waals surface area contributed by atoms with Crippen molar-refractivity contribution in [3.8, 4) is 5.75 Å². The summed E-state index contributed by atoms with van der Waals surface area (Å²) in [6.45, 7) is 6.31. The van der Waals surface area contributed by atoms with Gasteiger partial charge in [0.15, 0.2) is 0 Å². The van der Waals surface area contributed by atoms with Crippen molar-refractivity contribution in [2.75, 3.05) is 6.61 Å². The molecule has 1 atom stereocenters. The summed E-state index contributed by atoms with van der Waals surface area (Å²) in [6.07, 6.45) is -0.331. The lowest BCUT2D eigenvalue weighted by atomic mass is 10.2. The molecule has 2 N–H and O–H groups in total. The summed E-state index contributed by atoms with van der Waals surface area (Å²) in [6, 6.07) is 4.93. The Morgan fingerprint density at radius 1 is 1.29 bits per heavy atom. The van der Waals surface area contributed by atoms with Crippen molar-refractivity contribution < 1.29 is 14.2 Å². The van der Waals surface area contributed by atoms with Crippen molar-refractivity contribution in [1.29, 1.82) is 0 Å². The van der Waals surface area contributed by atoms with Gasteiger partial charge in [0, 0.05) is 18.7 Å². The van der Waals surface area contributed by atoms with Gasteiger partial charge in [-0.3, -0.25) is 0 Å². The summed E-state index contributed by atoms with van der Waals surface area (Å²) in [5.74, 6) is 0.125. The first-order valence-electron chi connectivity index (χ1n) is 5.81. The van der Waals surface area contributed by atoms with E-state index in [9.17, 15) is 4.39 Å². The van der Waals surface area contributed by atoms with Gasteiger partial charge < -0.3 is 15.2 Å². The summed E-state index contributed by atoms with van der Waals surface area (Å²) in [7, 11) is 0. The molecule has 0 aromatic heterocycles. The first kappa shape index (κ1) is 13.9. The molecule has 3 nitrogen and oxygen atoms in total. The first-order chi connectivity index (χ1) is 8.01. The SMILES string of the molecule is CC(C)NCc1cc(F)cc(OC(C)CO)c1. The zero-order chi connectivity index (χ0) is 12.8. The molecule has 0 heterocycles. The molecule has 0 bridgehead atoms. The molecule has 0 saturated heterocycles. The molecule has 17 heavy (non-hydrogen) atoms. The first-order valence-corrected chi connectivity index (χ1v) is 5.81. The Morgan fingerprint density at radius 2 is 2.00 bits per heavy atom. The van der Waals surface area contributed by atoms with E-state index in [0.717, 1.165) is 5.56 Å². The lowest BCUT2D eigenvalue weighted by Gasteiger charge is -2.14. The summed E-state index contributed by atoms with van der Waals surface area (Å²) in [5, 5.41) is 12.1. The van der Waals surface area contributed by atoms with Gasteiger partial charge in [-0.1, -0.05) is 13.8 Å². The molecule has 1 aromatic rings. The van der Waals surface area contributed by atoms with Gasteiger partial charge in [-0.2, -0.15) is 0 Å². The lowest BCUT2D eigenvalue weighted by Crippen LogP contribution is -2.22. The second kappa shape index (κ2) is 6.57. The van der Waals surface area contributed by atoms with Crippen molar-refractivity contribution >= 4 is 0 Å². The van der Waals surface area contributed by atoms with Crippen molar-refractivity contribution in [2.45, 2.75) is 39.5 Å². The molecular weight excluding hydrogens is 221 g/mol. The van der Waals surface area contributed by atoms with Crippen LogP contribution in [0.15, 0.2) is 18.2 Å². The van der Waals surface area contributed by atoms with Crippen LogP contribution in [0.2, 0.25) is 0 Å². The minimum absolute atomic E-state index is 0.0872. The standard InChI is InChI=1S/C13H20FNO2/c1-9(2)15-7-11-4-12(14)6-13(5-11)17-10(3)8-16/h4-6,9-10,15-16H,7-8H2,1-3H3. The minimum Gasteiger partial charge on any atom is -0.488 e. The summed E-state index contributed by atoms with van der Waals surface area (Å²) < 4.78 is 18.7. The topological polar surface area (TPSA) is 41.5 Å². The molecule has 1 rings (SSSR count). The number of halogens is 1. The third kappa shape index (κ3) is 5.15. The van der Waals surface area contributed by atoms with Gasteiger partial charge in [0.1, 0.15) is 17.7 Å². The molecule has 96 valence electrons. The Hall–Kier alpha value is -1.13. The fraction of sp³-hybridized carbons (Fsp3) is 0.538. The van der Waals surface area contributed by atoms with E-state index in [-0.39, 0.29) is 18.5 Å². The highest BCUT2D eigenvalue weighted by Crippen LogP contribution is 2.17. The van der Waals surface area contributed by atoms with Crippen LogP contribution in [-0.4, -0.2) is 23.9 Å². The Bertz CT molecular complexity index is 355. The quantitative estimate of drug-likeness (QED) is 0.801. The smallest absolute Gasteiger partial charge is 0.127 e. The fourth-order valence-electron chi connectivity index (χ4n) is 1.38. The average molecular weight is 241 g/mol. The Kier molecular flexibility index (Phi) is 5.38. The van der Waals surface area contributed by atoms with E-state index in [2.05, 4.69) is 5.32 Å². The van der Waals surface area contributed by atoms with Crippen LogP contribution >= 0.6 is 0 Å². The molecule has 0 amide bonds. The molecule has 1 unspecified atom stereocenters. The molecule has 4 heteroatoms. The molecule has 0 aliphatic carbocycles. The average Bonchev–Trinajstić information content (AvgIpc) is 2.25. The van der Waals surface area contributed by atoms with Gasteiger partial charge in [-0.05, 0) is 24.6 Å². The van der Waals surface area contributed by atoms with Crippen LogP contribution in [0.4, 0.5) is 4.39 Å². The minimum atomic E-state index is -0.331. The lowest BCUT2D eigenvalue weighted by molar-refractivity contribution is 0.129. The monoisotopic (exact) mass is 241 g/mol. The second-order valence-electron chi connectivity index (χ2n) is 4.44. The van der Waals surface area contributed by atoms with Crippen LogP contribution in [0.5, 0.6) is 5.75 Å². The number of nitrogens with one attached hydrogen (secondary N) is 1. The predicted molar refractivity (Wildman–Crippen MR) is 65.6 cm³/mol. The number of rotatable bonds is 6. The maximum absolute atomic E-state index is 13.3. The predicted octanol–water partition coefficient (Wildman–Crippen LogP) is 2.08. The van der Waals surface area contributed by atoms with Crippen LogP contribution in [0.25, 0.3) is 0 Å². The Labute approximate surface area is 102 Å². The van der Waals surface area contributed by atoms with Gasteiger partial charge >= 0.3 is 0 Å². The van der Waals surface area contributed by atoms with Crippen molar-refractivity contribution in [2.24, 2.45) is 0 Å². The summed E-state index contributed by atoms with van der Waals surface area (Å²) in [5.41, 5.74) is 0.832. The summed E-state index contributed by atoms with van der Waals surface area (Å²) >= 11 is 0. The highest BCUT2D eigenvalue weighted by molar-refractivity contribution is 5.29. The molecule has 0 aliphatic heterocycles. The fourth-order valence-corrected chi connectivity index (χ4v) is 1.38. The number of aliphatic hydroxyl groups is 1. The van der Waals surface area contributed by atoms with E-state index in [0.29, 0.717) is 18.3 Å². The van der Waals surface area contributed by atoms with E-state index < -0.39 is 0 Å². The van der Waals surface area contributed by atoms with E-state index in [1.54, 1.807) is 13.0 Å². The third-order valence-electron chi connectivity index (χ3n) is 2.24. The van der Waals surface area contributed by atoms with Crippen LogP contribution in [0.1, 0.15) is 26.3 Å². The van der Waals surface area contributed by atoms with Gasteiger partial charge in [0.25, 0.3) is 0 Å². The van der Waals surface area contributed by atoms with Crippen molar-refractivity contribution in [3.63, 3.8) is 0 Å². The highest BCUT2D eigenvalue weighted by atomic mass is 19.1. The molecule has 0 fully saturated rings. The molecule has 0 spiro atoms. The van der Waals surface area contributed by atoms with E-state index >= 15 is 0 Å². The molecule has 0 saturated carbocycles. The number of hydrogen-bond donors (Lipinski definition) is 2. The molecule has 0 radical (unpaired) electrons. The van der Waals surface area contributed by atoms with E-state index in [1.807, 2.05) is 13.8 Å². The number of aliphatic hydroxyl groups excluding tert-OH is 1. The number of ether oxygens (including phenoxy) is 1. The van der Waals surface area contributed by atoms with Crippen molar-refractivity contribution in [1.82, 2.24) is 5.32 Å². The molecule has 1 aromatic carbocycles. The third-order valence-corrected chi connectivity index (χ3v) is 2.24. The Morgan fingerprint density at radius 3 is 2.59 bits per heavy atom. The maximum atomic E-state index is 13.3. The maximum Gasteiger partial charge on any atom is 0.127 e. The Balaban J connectivity index is 2.72. The highest BCUT2D eigenvalue weighted by Gasteiger charge is 2.06. The van der Waals surface area contributed by atoms with E-state index in [1.165, 1.54) is 12.1 Å². The largest absolute Gasteiger partial charge is 0.488 e. The summed E-state index contributed by atoms with van der Waals surface area (Å²) in [4.78, 5) is 0. The van der Waals surface area contributed by atoms with Crippen LogP contribution in [-0.2, 0) is 6.54 Å². The molecular formula is C13H20FNO2. The zero-order valence-corrected chi connectivity index (χ0v) is 10.5. The van der Waals surface area contributed by atoms with Crippen LogP contribution < -0.4 is 10.1 Å². The number of hydrogen-bond acceptors (Lipinski definition) is 3. The second-order valence-corrected chi connectivity index (χ2v) is 4.44. The zero-order valence-electron chi connectivity index (χ0n) is 10.5. The van der Waals surface area contributed by atoms with Gasteiger partial charge in [0.05, 0.1) is 6.61 Å². The number of benzene rings is 1. The van der Waals surface area contributed by atoms with Crippen molar-refractivity contribution in [3.05, 3.63) is 29.6 Å². The van der Waals surface area contributed by atoms with Crippen LogP contribution in [0.3, 0.4) is 0 Å². The van der Waals surface area contributed by atoms with Gasteiger partial charge in [-0.25, -0.2) is 4.39 Å². The van der Waals surface area contributed by atoms with E-state index in [4.69, 9.17) is 9.84 Å².